The van der Waals surface area contributed by atoms with Crippen LogP contribution in [0.3, 0.4) is 0 Å². The Morgan fingerprint density at radius 3 is 2.94 bits per heavy atom. The van der Waals surface area contributed by atoms with Gasteiger partial charge in [-0.2, -0.15) is 0 Å². The van der Waals surface area contributed by atoms with E-state index in [4.69, 9.17) is 22.1 Å². The molecule has 0 fully saturated rings. The summed E-state index contributed by atoms with van der Waals surface area (Å²) in [4.78, 5) is 17.4. The fourth-order valence-electron chi connectivity index (χ4n) is 1.30. The molecule has 0 spiro atoms. The van der Waals surface area contributed by atoms with Gasteiger partial charge < -0.3 is 15.5 Å². The Kier molecular flexibility index (Phi) is 3.01. The molecule has 5 nitrogen and oxygen atoms in total. The number of aromatic nitrogens is 2. The van der Waals surface area contributed by atoms with E-state index >= 15 is 0 Å². The number of benzene rings is 1. The maximum atomic E-state index is 11.2. The summed E-state index contributed by atoms with van der Waals surface area (Å²) in [5, 5.41) is -0.104. The molecule has 1 aromatic heterocycles. The highest BCUT2D eigenvalue weighted by molar-refractivity contribution is 6.31. The number of hydrogen-bond acceptors (Lipinski definition) is 4. The van der Waals surface area contributed by atoms with Crippen LogP contribution in [0, 0.1) is 6.92 Å². The first-order chi connectivity index (χ1) is 8.08. The molecule has 1 aromatic carbocycles. The molecule has 2 rings (SSSR count). The Bertz CT molecular complexity index is 610. The van der Waals surface area contributed by atoms with Crippen LogP contribution < -0.4 is 16.0 Å². The van der Waals surface area contributed by atoms with Crippen molar-refractivity contribution in [2.45, 2.75) is 6.92 Å². The first kappa shape index (κ1) is 11.5. The summed E-state index contributed by atoms with van der Waals surface area (Å²) in [5.74, 6) is 0.446. The summed E-state index contributed by atoms with van der Waals surface area (Å²) in [7, 11) is 0. The number of H-pyrrole nitrogens is 1. The van der Waals surface area contributed by atoms with Crippen molar-refractivity contribution in [1.29, 1.82) is 0 Å². The molecule has 0 aliphatic rings. The summed E-state index contributed by atoms with van der Waals surface area (Å²) < 4.78 is 5.39. The highest BCUT2D eigenvalue weighted by atomic mass is 35.5. The van der Waals surface area contributed by atoms with E-state index in [0.29, 0.717) is 11.4 Å². The molecule has 0 radical (unpaired) electrons. The van der Waals surface area contributed by atoms with Gasteiger partial charge >= 0.3 is 0 Å². The van der Waals surface area contributed by atoms with Gasteiger partial charge in [0.05, 0.1) is 12.0 Å². The molecule has 1 heterocycles. The molecule has 0 aliphatic carbocycles. The monoisotopic (exact) mass is 251 g/mol. The van der Waals surface area contributed by atoms with Crippen molar-refractivity contribution in [3.05, 3.63) is 45.5 Å². The van der Waals surface area contributed by atoms with Gasteiger partial charge in [0.25, 0.3) is 5.56 Å². The van der Waals surface area contributed by atoms with Gasteiger partial charge in [0, 0.05) is 0 Å². The van der Waals surface area contributed by atoms with Crippen molar-refractivity contribution in [2.75, 3.05) is 5.73 Å². The van der Waals surface area contributed by atoms with Crippen molar-refractivity contribution in [3.63, 3.8) is 0 Å². The van der Waals surface area contributed by atoms with Crippen LogP contribution in [0.5, 0.6) is 11.6 Å². The standard InChI is InChI=1S/C11H10ClN3O2/c1-6-2-3-8(7(13)4-6)17-11-9(12)10(16)14-5-15-11/h2-5H,13H2,1H3,(H,14,15,16). The quantitative estimate of drug-likeness (QED) is 0.801. The van der Waals surface area contributed by atoms with E-state index < -0.39 is 5.56 Å². The van der Waals surface area contributed by atoms with E-state index in [2.05, 4.69) is 9.97 Å². The summed E-state index contributed by atoms with van der Waals surface area (Å²) in [6, 6.07) is 5.30. The van der Waals surface area contributed by atoms with Crippen LogP contribution in [0.25, 0.3) is 0 Å². The third-order valence-electron chi connectivity index (χ3n) is 2.14. The molecular weight excluding hydrogens is 242 g/mol. The number of nitrogens with zero attached hydrogens (tertiary/aromatic N) is 1. The van der Waals surface area contributed by atoms with E-state index in [0.717, 1.165) is 5.56 Å². The van der Waals surface area contributed by atoms with E-state index in [-0.39, 0.29) is 10.9 Å². The lowest BCUT2D eigenvalue weighted by atomic mass is 10.2. The molecule has 88 valence electrons. The Balaban J connectivity index is 2.38. The SMILES string of the molecule is Cc1ccc(Oc2nc[nH]c(=O)c2Cl)c(N)c1. The second-order valence-electron chi connectivity index (χ2n) is 3.49. The number of halogens is 1. The number of ether oxygens (including phenoxy) is 1. The summed E-state index contributed by atoms with van der Waals surface area (Å²) in [6.45, 7) is 1.92. The van der Waals surface area contributed by atoms with E-state index in [9.17, 15) is 4.79 Å². The highest BCUT2D eigenvalue weighted by Crippen LogP contribution is 2.29. The zero-order valence-corrected chi connectivity index (χ0v) is 9.78. The Morgan fingerprint density at radius 1 is 1.47 bits per heavy atom. The Labute approximate surface area is 102 Å². The molecule has 0 saturated heterocycles. The number of rotatable bonds is 2. The average Bonchev–Trinajstić information content (AvgIpc) is 2.28. The van der Waals surface area contributed by atoms with Crippen molar-refractivity contribution < 1.29 is 4.74 Å². The number of hydrogen-bond donors (Lipinski definition) is 2. The molecule has 0 saturated carbocycles. The van der Waals surface area contributed by atoms with E-state index in [1.165, 1.54) is 6.33 Å². The maximum Gasteiger partial charge on any atom is 0.273 e. The zero-order chi connectivity index (χ0) is 12.4. The number of aromatic amines is 1. The normalized spacial score (nSPS) is 10.2. The molecule has 0 amide bonds. The van der Waals surface area contributed by atoms with Gasteiger partial charge in [-0.15, -0.1) is 0 Å². The topological polar surface area (TPSA) is 81.0 Å². The first-order valence-electron chi connectivity index (χ1n) is 4.85. The van der Waals surface area contributed by atoms with Gasteiger partial charge in [-0.05, 0) is 24.6 Å². The van der Waals surface area contributed by atoms with E-state index in [1.807, 2.05) is 13.0 Å². The van der Waals surface area contributed by atoms with Crippen molar-refractivity contribution in [2.24, 2.45) is 0 Å². The Morgan fingerprint density at radius 2 is 2.24 bits per heavy atom. The molecule has 17 heavy (non-hydrogen) atoms. The highest BCUT2D eigenvalue weighted by Gasteiger charge is 2.09. The molecule has 0 unspecified atom stereocenters. The lowest BCUT2D eigenvalue weighted by molar-refractivity contribution is 0.463. The molecule has 0 bridgehead atoms. The second kappa shape index (κ2) is 4.47. The van der Waals surface area contributed by atoms with E-state index in [1.54, 1.807) is 12.1 Å². The number of anilines is 1. The van der Waals surface area contributed by atoms with Gasteiger partial charge in [0.15, 0.2) is 10.8 Å². The minimum atomic E-state index is -0.456. The summed E-state index contributed by atoms with van der Waals surface area (Å²) in [5.41, 5.74) is 6.79. The third kappa shape index (κ3) is 2.39. The fourth-order valence-corrected chi connectivity index (χ4v) is 1.44. The number of nitrogens with two attached hydrogens (primary N) is 1. The van der Waals surface area contributed by atoms with Crippen LogP contribution in [0.15, 0.2) is 29.3 Å². The van der Waals surface area contributed by atoms with Crippen LogP contribution >= 0.6 is 11.6 Å². The first-order valence-corrected chi connectivity index (χ1v) is 5.23. The van der Waals surface area contributed by atoms with Crippen LogP contribution in [0.2, 0.25) is 5.02 Å². The average molecular weight is 252 g/mol. The van der Waals surface area contributed by atoms with Crippen molar-refractivity contribution in [3.8, 4) is 11.6 Å². The zero-order valence-electron chi connectivity index (χ0n) is 9.03. The lowest BCUT2D eigenvalue weighted by Gasteiger charge is -2.08. The maximum absolute atomic E-state index is 11.2. The number of nitrogen functional groups attached to an aromatic ring is 1. The van der Waals surface area contributed by atoms with Crippen LogP contribution in [-0.4, -0.2) is 9.97 Å². The molecule has 6 heteroatoms. The minimum Gasteiger partial charge on any atom is -0.435 e. The van der Waals surface area contributed by atoms with Gasteiger partial charge in [0.2, 0.25) is 5.88 Å². The van der Waals surface area contributed by atoms with Crippen LogP contribution in [0.4, 0.5) is 5.69 Å². The fraction of sp³-hybridized carbons (Fsp3) is 0.0909. The van der Waals surface area contributed by atoms with Crippen LogP contribution in [0.1, 0.15) is 5.56 Å². The van der Waals surface area contributed by atoms with Crippen molar-refractivity contribution >= 4 is 17.3 Å². The molecule has 0 aliphatic heterocycles. The Hall–Kier alpha value is -2.01. The molecular formula is C11H10ClN3O2. The number of aryl methyl sites for hydroxylation is 1. The van der Waals surface area contributed by atoms with Crippen LogP contribution in [-0.2, 0) is 0 Å². The number of nitrogens with one attached hydrogen (secondary N) is 1. The van der Waals surface area contributed by atoms with Crippen molar-refractivity contribution in [1.82, 2.24) is 9.97 Å². The summed E-state index contributed by atoms with van der Waals surface area (Å²) >= 11 is 5.75. The second-order valence-corrected chi connectivity index (χ2v) is 3.87. The van der Waals surface area contributed by atoms with Gasteiger partial charge in [-0.3, -0.25) is 4.79 Å². The molecule has 2 aromatic rings. The smallest absolute Gasteiger partial charge is 0.273 e. The molecule has 3 N–H and O–H groups in total. The summed E-state index contributed by atoms with van der Waals surface area (Å²) in [6.07, 6.45) is 1.22. The van der Waals surface area contributed by atoms with Gasteiger partial charge in [0.1, 0.15) is 0 Å². The molecule has 0 atom stereocenters. The largest absolute Gasteiger partial charge is 0.435 e. The lowest BCUT2D eigenvalue weighted by Crippen LogP contribution is -2.08. The minimum absolute atomic E-state index is 0.0333. The predicted octanol–water partition coefficient (Wildman–Crippen LogP) is 2.11. The predicted molar refractivity (Wildman–Crippen MR) is 65.5 cm³/mol. The van der Waals surface area contributed by atoms with Gasteiger partial charge in [-0.1, -0.05) is 17.7 Å². The van der Waals surface area contributed by atoms with Gasteiger partial charge in [-0.25, -0.2) is 4.98 Å². The third-order valence-corrected chi connectivity index (χ3v) is 2.47.